The van der Waals surface area contributed by atoms with Gasteiger partial charge in [0.1, 0.15) is 12.1 Å². The van der Waals surface area contributed by atoms with Gasteiger partial charge in [-0.2, -0.15) is 0 Å². The second kappa shape index (κ2) is 3.60. The van der Waals surface area contributed by atoms with Crippen LogP contribution in [-0.4, -0.2) is 35.3 Å². The molecule has 1 rings (SSSR count). The van der Waals surface area contributed by atoms with Crippen LogP contribution in [0, 0.1) is 0 Å². The maximum absolute atomic E-state index is 11.5. The summed E-state index contributed by atoms with van der Waals surface area (Å²) in [5.41, 5.74) is 0. The van der Waals surface area contributed by atoms with Crippen molar-refractivity contribution >= 4 is 11.8 Å². The number of amides is 2. The van der Waals surface area contributed by atoms with Crippen LogP contribution in [0.25, 0.3) is 0 Å². The lowest BCUT2D eigenvalue weighted by molar-refractivity contribution is -0.147. The van der Waals surface area contributed by atoms with Gasteiger partial charge in [-0.15, -0.1) is 6.58 Å². The summed E-state index contributed by atoms with van der Waals surface area (Å²) in [4.78, 5) is 24.4. The minimum atomic E-state index is -0.413. The third kappa shape index (κ3) is 1.71. The average Bonchev–Trinajstić information content (AvgIpc) is 2.09. The molecule has 1 aliphatic rings. The summed E-state index contributed by atoms with van der Waals surface area (Å²) in [5, 5.41) is 2.60. The standard InChI is InChI=1S/C9H14N2O2/c1-4-5-11-7(3)8(12)10-6(2)9(11)13/h4,6-7H,1,5H2,2-3H3,(H,10,12). The Morgan fingerprint density at radius 2 is 2.15 bits per heavy atom. The molecule has 0 radical (unpaired) electrons. The molecule has 13 heavy (non-hydrogen) atoms. The number of hydrogen-bond acceptors (Lipinski definition) is 2. The molecule has 2 amide bonds. The first-order valence-electron chi connectivity index (χ1n) is 4.29. The summed E-state index contributed by atoms with van der Waals surface area (Å²) in [6, 6.07) is -0.801. The first-order chi connectivity index (χ1) is 6.07. The number of nitrogens with one attached hydrogen (secondary N) is 1. The number of carbonyl (C=O) groups excluding carboxylic acids is 2. The van der Waals surface area contributed by atoms with E-state index in [2.05, 4.69) is 11.9 Å². The summed E-state index contributed by atoms with van der Waals surface area (Å²) >= 11 is 0. The summed E-state index contributed by atoms with van der Waals surface area (Å²) in [7, 11) is 0. The van der Waals surface area contributed by atoms with E-state index in [9.17, 15) is 9.59 Å². The average molecular weight is 182 g/mol. The topological polar surface area (TPSA) is 49.4 Å². The first-order valence-corrected chi connectivity index (χ1v) is 4.29. The Labute approximate surface area is 77.6 Å². The fourth-order valence-electron chi connectivity index (χ4n) is 1.36. The van der Waals surface area contributed by atoms with Crippen LogP contribution in [-0.2, 0) is 9.59 Å². The molecule has 1 fully saturated rings. The fraction of sp³-hybridized carbons (Fsp3) is 0.556. The van der Waals surface area contributed by atoms with Crippen molar-refractivity contribution in [2.45, 2.75) is 25.9 Å². The van der Waals surface area contributed by atoms with Crippen LogP contribution in [0.2, 0.25) is 0 Å². The van der Waals surface area contributed by atoms with Crippen molar-refractivity contribution in [2.24, 2.45) is 0 Å². The molecule has 2 unspecified atom stereocenters. The Balaban J connectivity index is 2.81. The molecule has 1 heterocycles. The predicted molar refractivity (Wildman–Crippen MR) is 49.0 cm³/mol. The third-order valence-corrected chi connectivity index (χ3v) is 2.19. The lowest BCUT2D eigenvalue weighted by Crippen LogP contribution is -2.61. The van der Waals surface area contributed by atoms with Crippen molar-refractivity contribution in [1.82, 2.24) is 10.2 Å². The van der Waals surface area contributed by atoms with Crippen LogP contribution in [0.5, 0.6) is 0 Å². The van der Waals surface area contributed by atoms with Crippen molar-refractivity contribution in [3.8, 4) is 0 Å². The van der Waals surface area contributed by atoms with Crippen LogP contribution in [0.15, 0.2) is 12.7 Å². The van der Waals surface area contributed by atoms with E-state index in [-0.39, 0.29) is 17.9 Å². The minimum absolute atomic E-state index is 0.0491. The Morgan fingerprint density at radius 3 is 2.69 bits per heavy atom. The Morgan fingerprint density at radius 1 is 1.54 bits per heavy atom. The second-order valence-corrected chi connectivity index (χ2v) is 3.19. The van der Waals surface area contributed by atoms with E-state index in [1.54, 1.807) is 19.9 Å². The minimum Gasteiger partial charge on any atom is -0.343 e. The van der Waals surface area contributed by atoms with Gasteiger partial charge in [-0.25, -0.2) is 0 Å². The Bertz CT molecular complexity index is 250. The highest BCUT2D eigenvalue weighted by Crippen LogP contribution is 2.08. The second-order valence-electron chi connectivity index (χ2n) is 3.19. The molecule has 4 heteroatoms. The quantitative estimate of drug-likeness (QED) is 0.607. The van der Waals surface area contributed by atoms with Crippen LogP contribution in [0.3, 0.4) is 0 Å². The van der Waals surface area contributed by atoms with E-state index >= 15 is 0 Å². The zero-order valence-corrected chi connectivity index (χ0v) is 7.91. The van der Waals surface area contributed by atoms with Gasteiger partial charge in [-0.1, -0.05) is 6.08 Å². The van der Waals surface area contributed by atoms with E-state index < -0.39 is 6.04 Å². The van der Waals surface area contributed by atoms with E-state index in [4.69, 9.17) is 0 Å². The smallest absolute Gasteiger partial charge is 0.245 e. The van der Waals surface area contributed by atoms with E-state index in [1.807, 2.05) is 0 Å². The maximum Gasteiger partial charge on any atom is 0.245 e. The van der Waals surface area contributed by atoms with Crippen LogP contribution >= 0.6 is 0 Å². The Hall–Kier alpha value is -1.32. The molecule has 0 spiro atoms. The molecule has 1 saturated heterocycles. The highest BCUT2D eigenvalue weighted by Gasteiger charge is 2.34. The molecular formula is C9H14N2O2. The lowest BCUT2D eigenvalue weighted by Gasteiger charge is -2.35. The number of carbonyl (C=O) groups is 2. The van der Waals surface area contributed by atoms with Crippen molar-refractivity contribution in [3.05, 3.63) is 12.7 Å². The molecule has 0 aromatic carbocycles. The number of piperazine rings is 1. The molecule has 0 aromatic heterocycles. The first kappa shape index (κ1) is 9.77. The van der Waals surface area contributed by atoms with Gasteiger partial charge >= 0.3 is 0 Å². The van der Waals surface area contributed by atoms with Gasteiger partial charge in [0.2, 0.25) is 11.8 Å². The third-order valence-electron chi connectivity index (χ3n) is 2.19. The van der Waals surface area contributed by atoms with E-state index in [0.29, 0.717) is 6.54 Å². The lowest BCUT2D eigenvalue weighted by atomic mass is 10.1. The fourth-order valence-corrected chi connectivity index (χ4v) is 1.36. The molecule has 0 saturated carbocycles. The van der Waals surface area contributed by atoms with Gasteiger partial charge in [0.25, 0.3) is 0 Å². The molecule has 2 atom stereocenters. The van der Waals surface area contributed by atoms with E-state index in [0.717, 1.165) is 0 Å². The van der Waals surface area contributed by atoms with Gasteiger partial charge < -0.3 is 10.2 Å². The molecule has 4 nitrogen and oxygen atoms in total. The molecular weight excluding hydrogens is 168 g/mol. The van der Waals surface area contributed by atoms with Crippen molar-refractivity contribution in [1.29, 1.82) is 0 Å². The van der Waals surface area contributed by atoms with E-state index in [1.165, 1.54) is 4.90 Å². The molecule has 1 N–H and O–H groups in total. The zero-order chi connectivity index (χ0) is 10.0. The van der Waals surface area contributed by atoms with Crippen molar-refractivity contribution in [3.63, 3.8) is 0 Å². The highest BCUT2D eigenvalue weighted by molar-refractivity contribution is 5.96. The summed E-state index contributed by atoms with van der Waals surface area (Å²) in [6.45, 7) is 7.37. The molecule has 0 bridgehead atoms. The summed E-state index contributed by atoms with van der Waals surface area (Å²) in [6.07, 6.45) is 1.62. The normalized spacial score (nSPS) is 28.6. The molecule has 0 aromatic rings. The summed E-state index contributed by atoms with van der Waals surface area (Å²) < 4.78 is 0. The molecule has 1 aliphatic heterocycles. The predicted octanol–water partition coefficient (Wildman–Crippen LogP) is -0.0922. The maximum atomic E-state index is 11.5. The molecule has 0 aliphatic carbocycles. The van der Waals surface area contributed by atoms with Crippen molar-refractivity contribution in [2.75, 3.05) is 6.54 Å². The van der Waals surface area contributed by atoms with Gasteiger partial charge in [-0.05, 0) is 13.8 Å². The van der Waals surface area contributed by atoms with Crippen LogP contribution in [0.4, 0.5) is 0 Å². The van der Waals surface area contributed by atoms with Crippen molar-refractivity contribution < 1.29 is 9.59 Å². The highest BCUT2D eigenvalue weighted by atomic mass is 16.2. The van der Waals surface area contributed by atoms with Crippen LogP contribution in [0.1, 0.15) is 13.8 Å². The largest absolute Gasteiger partial charge is 0.343 e. The number of rotatable bonds is 2. The van der Waals surface area contributed by atoms with Crippen LogP contribution < -0.4 is 5.32 Å². The zero-order valence-electron chi connectivity index (χ0n) is 7.91. The monoisotopic (exact) mass is 182 g/mol. The van der Waals surface area contributed by atoms with Gasteiger partial charge in [0.15, 0.2) is 0 Å². The summed E-state index contributed by atoms with van der Waals surface area (Å²) in [5.74, 6) is -0.152. The molecule has 72 valence electrons. The van der Waals surface area contributed by atoms with Gasteiger partial charge in [0.05, 0.1) is 0 Å². The van der Waals surface area contributed by atoms with Gasteiger partial charge in [0, 0.05) is 6.54 Å². The number of nitrogens with zero attached hydrogens (tertiary/aromatic N) is 1. The Kier molecular flexibility index (Phi) is 2.70. The number of hydrogen-bond donors (Lipinski definition) is 1. The SMILES string of the molecule is C=CCN1C(=O)C(C)NC(=O)C1C. The van der Waals surface area contributed by atoms with Gasteiger partial charge in [-0.3, -0.25) is 9.59 Å².